The smallest absolute Gasteiger partial charge is 0.261 e. The van der Waals surface area contributed by atoms with Crippen molar-refractivity contribution in [1.29, 1.82) is 0 Å². The lowest BCUT2D eigenvalue weighted by Gasteiger charge is -2.09. The number of rotatable bonds is 4. The average molecular weight is 289 g/mol. The molecule has 0 amide bonds. The van der Waals surface area contributed by atoms with E-state index in [4.69, 9.17) is 0 Å². The van der Waals surface area contributed by atoms with Crippen LogP contribution < -0.4 is 4.72 Å². The van der Waals surface area contributed by atoms with Crippen molar-refractivity contribution in [3.05, 3.63) is 59.7 Å². The molecule has 0 saturated heterocycles. The number of ketones is 1. The van der Waals surface area contributed by atoms with E-state index in [2.05, 4.69) is 4.72 Å². The first kappa shape index (κ1) is 14.3. The van der Waals surface area contributed by atoms with Gasteiger partial charge in [-0.25, -0.2) is 8.42 Å². The van der Waals surface area contributed by atoms with Gasteiger partial charge in [-0.15, -0.1) is 0 Å². The van der Waals surface area contributed by atoms with Crippen LogP contribution in [0.15, 0.2) is 53.4 Å². The van der Waals surface area contributed by atoms with Crippen LogP contribution in [0.25, 0.3) is 0 Å². The maximum Gasteiger partial charge on any atom is 0.261 e. The van der Waals surface area contributed by atoms with Crippen molar-refractivity contribution in [2.24, 2.45) is 0 Å². The fourth-order valence-corrected chi connectivity index (χ4v) is 2.78. The second-order valence-electron chi connectivity index (χ2n) is 4.56. The van der Waals surface area contributed by atoms with Gasteiger partial charge in [-0.3, -0.25) is 9.52 Å². The van der Waals surface area contributed by atoms with Crippen LogP contribution in [0.3, 0.4) is 0 Å². The molecule has 2 aromatic rings. The van der Waals surface area contributed by atoms with Gasteiger partial charge in [0.1, 0.15) is 0 Å². The Kier molecular flexibility index (Phi) is 3.90. The molecule has 1 N–H and O–H groups in total. The minimum absolute atomic E-state index is 0.110. The number of hydrogen-bond acceptors (Lipinski definition) is 3. The molecule has 2 aromatic carbocycles. The highest BCUT2D eigenvalue weighted by Crippen LogP contribution is 2.17. The maximum absolute atomic E-state index is 12.2. The predicted molar refractivity (Wildman–Crippen MR) is 78.4 cm³/mol. The van der Waals surface area contributed by atoms with Crippen molar-refractivity contribution in [3.8, 4) is 0 Å². The fraction of sp³-hybridized carbons (Fsp3) is 0.133. The molecule has 0 fully saturated rings. The Morgan fingerprint density at radius 2 is 1.70 bits per heavy atom. The molecule has 0 aliphatic heterocycles. The Labute approximate surface area is 118 Å². The zero-order valence-corrected chi connectivity index (χ0v) is 12.1. The first-order valence-electron chi connectivity index (χ1n) is 6.09. The quantitative estimate of drug-likeness (QED) is 0.880. The van der Waals surface area contributed by atoms with Gasteiger partial charge in [0.25, 0.3) is 10.0 Å². The summed E-state index contributed by atoms with van der Waals surface area (Å²) >= 11 is 0. The number of anilines is 1. The summed E-state index contributed by atoms with van der Waals surface area (Å²) in [7, 11) is -3.63. The number of hydrogen-bond donors (Lipinski definition) is 1. The molecule has 2 rings (SSSR count). The number of aryl methyl sites for hydroxylation is 1. The first-order chi connectivity index (χ1) is 9.38. The zero-order valence-electron chi connectivity index (χ0n) is 11.3. The summed E-state index contributed by atoms with van der Waals surface area (Å²) in [6.07, 6.45) is 0. The van der Waals surface area contributed by atoms with Gasteiger partial charge >= 0.3 is 0 Å². The SMILES string of the molecule is CC(=O)c1cccc(NS(=O)(=O)c2ccc(C)cc2)c1. The molecular formula is C15H15NO3S. The maximum atomic E-state index is 12.2. The number of sulfonamides is 1. The topological polar surface area (TPSA) is 63.2 Å². The number of nitrogens with one attached hydrogen (secondary N) is 1. The summed E-state index contributed by atoms with van der Waals surface area (Å²) < 4.78 is 26.9. The average Bonchev–Trinajstić information content (AvgIpc) is 2.39. The molecule has 0 aliphatic carbocycles. The van der Waals surface area contributed by atoms with Crippen LogP contribution in [-0.4, -0.2) is 14.2 Å². The summed E-state index contributed by atoms with van der Waals surface area (Å²) in [5.74, 6) is -0.110. The Bertz CT molecular complexity index is 734. The Morgan fingerprint density at radius 1 is 1.05 bits per heavy atom. The lowest BCUT2D eigenvalue weighted by atomic mass is 10.1. The third-order valence-corrected chi connectivity index (χ3v) is 4.25. The van der Waals surface area contributed by atoms with Gasteiger partial charge in [0.05, 0.1) is 4.90 Å². The predicted octanol–water partition coefficient (Wildman–Crippen LogP) is 3.00. The fourth-order valence-electron chi connectivity index (χ4n) is 1.73. The van der Waals surface area contributed by atoms with Gasteiger partial charge in [0, 0.05) is 11.3 Å². The van der Waals surface area contributed by atoms with Crippen LogP contribution >= 0.6 is 0 Å². The molecule has 104 valence electrons. The van der Waals surface area contributed by atoms with Gasteiger partial charge in [-0.2, -0.15) is 0 Å². The van der Waals surface area contributed by atoms with Crippen LogP contribution in [0.5, 0.6) is 0 Å². The van der Waals surface area contributed by atoms with Crippen LogP contribution in [0, 0.1) is 6.92 Å². The molecule has 0 saturated carbocycles. The standard InChI is InChI=1S/C15H15NO3S/c1-11-6-8-15(9-7-11)20(18,19)16-14-5-3-4-13(10-14)12(2)17/h3-10,16H,1-2H3. The van der Waals surface area contributed by atoms with Crippen LogP contribution in [-0.2, 0) is 10.0 Å². The second-order valence-corrected chi connectivity index (χ2v) is 6.24. The van der Waals surface area contributed by atoms with Gasteiger partial charge in [-0.1, -0.05) is 29.8 Å². The number of carbonyl (C=O) groups is 1. The van der Waals surface area contributed by atoms with Crippen molar-refractivity contribution in [3.63, 3.8) is 0 Å². The number of benzene rings is 2. The second kappa shape index (κ2) is 5.46. The van der Waals surface area contributed by atoms with Crippen molar-refractivity contribution in [1.82, 2.24) is 0 Å². The van der Waals surface area contributed by atoms with Gasteiger partial charge in [-0.05, 0) is 38.1 Å². The minimum Gasteiger partial charge on any atom is -0.295 e. The van der Waals surface area contributed by atoms with Crippen molar-refractivity contribution in [2.45, 2.75) is 18.7 Å². The Morgan fingerprint density at radius 3 is 2.30 bits per heavy atom. The van der Waals surface area contributed by atoms with E-state index >= 15 is 0 Å². The zero-order chi connectivity index (χ0) is 14.8. The van der Waals surface area contributed by atoms with Gasteiger partial charge < -0.3 is 0 Å². The summed E-state index contributed by atoms with van der Waals surface area (Å²) in [4.78, 5) is 11.5. The summed E-state index contributed by atoms with van der Waals surface area (Å²) in [6, 6.07) is 13.0. The van der Waals surface area contributed by atoms with E-state index in [-0.39, 0.29) is 10.7 Å². The molecule has 0 aromatic heterocycles. The Hall–Kier alpha value is -2.14. The molecule has 0 radical (unpaired) electrons. The summed E-state index contributed by atoms with van der Waals surface area (Å²) in [6.45, 7) is 3.33. The van der Waals surface area contributed by atoms with E-state index in [1.165, 1.54) is 13.0 Å². The number of carbonyl (C=O) groups excluding carboxylic acids is 1. The highest BCUT2D eigenvalue weighted by molar-refractivity contribution is 7.92. The third-order valence-electron chi connectivity index (χ3n) is 2.85. The number of Topliss-reactive ketones (excluding diaryl/α,β-unsaturated/α-hetero) is 1. The van der Waals surface area contributed by atoms with E-state index < -0.39 is 10.0 Å². The summed E-state index contributed by atoms with van der Waals surface area (Å²) in [5.41, 5.74) is 1.83. The largest absolute Gasteiger partial charge is 0.295 e. The molecule has 4 nitrogen and oxygen atoms in total. The minimum atomic E-state index is -3.63. The van der Waals surface area contributed by atoms with Crippen molar-refractivity contribution >= 4 is 21.5 Å². The summed E-state index contributed by atoms with van der Waals surface area (Å²) in [5, 5.41) is 0. The van der Waals surface area contributed by atoms with Crippen molar-refractivity contribution in [2.75, 3.05) is 4.72 Å². The molecule has 0 bridgehead atoms. The van der Waals surface area contributed by atoms with Crippen LogP contribution in [0.1, 0.15) is 22.8 Å². The van der Waals surface area contributed by atoms with E-state index in [1.54, 1.807) is 42.5 Å². The van der Waals surface area contributed by atoms with E-state index in [1.807, 2.05) is 6.92 Å². The van der Waals surface area contributed by atoms with Crippen LogP contribution in [0.4, 0.5) is 5.69 Å². The third kappa shape index (κ3) is 3.24. The molecule has 0 heterocycles. The molecular weight excluding hydrogens is 274 g/mol. The van der Waals surface area contributed by atoms with Crippen molar-refractivity contribution < 1.29 is 13.2 Å². The molecule has 0 unspecified atom stereocenters. The lowest BCUT2D eigenvalue weighted by molar-refractivity contribution is 0.101. The monoisotopic (exact) mass is 289 g/mol. The van der Waals surface area contributed by atoms with Crippen LogP contribution in [0.2, 0.25) is 0 Å². The molecule has 5 heteroatoms. The first-order valence-corrected chi connectivity index (χ1v) is 7.57. The highest BCUT2D eigenvalue weighted by atomic mass is 32.2. The van der Waals surface area contributed by atoms with E-state index in [9.17, 15) is 13.2 Å². The molecule has 20 heavy (non-hydrogen) atoms. The normalized spacial score (nSPS) is 11.1. The van der Waals surface area contributed by atoms with E-state index in [0.29, 0.717) is 11.3 Å². The van der Waals surface area contributed by atoms with E-state index in [0.717, 1.165) is 5.56 Å². The molecule has 0 spiro atoms. The lowest BCUT2D eigenvalue weighted by Crippen LogP contribution is -2.13. The van der Waals surface area contributed by atoms with Gasteiger partial charge in [0.15, 0.2) is 5.78 Å². The molecule has 0 aliphatic rings. The highest BCUT2D eigenvalue weighted by Gasteiger charge is 2.14. The Balaban J connectivity index is 2.31. The van der Waals surface area contributed by atoms with Gasteiger partial charge in [0.2, 0.25) is 0 Å². The molecule has 0 atom stereocenters.